The fourth-order valence-electron chi connectivity index (χ4n) is 2.82. The van der Waals surface area contributed by atoms with Gasteiger partial charge in [-0.25, -0.2) is 15.0 Å². The van der Waals surface area contributed by atoms with Crippen molar-refractivity contribution in [3.8, 4) is 34.2 Å². The van der Waals surface area contributed by atoms with Crippen LogP contribution in [-0.4, -0.2) is 15.0 Å². The summed E-state index contributed by atoms with van der Waals surface area (Å²) in [6, 6.07) is 21.6. The molecule has 144 valence electrons. The smallest absolute Gasteiger partial charge is 0.208 e. The quantitative estimate of drug-likeness (QED) is 0.384. The van der Waals surface area contributed by atoms with Crippen molar-refractivity contribution in [1.82, 2.24) is 15.0 Å². The van der Waals surface area contributed by atoms with Gasteiger partial charge in [-0.15, -0.1) is 0 Å². The number of rotatable bonds is 3. The Bertz CT molecular complexity index is 1090. The van der Waals surface area contributed by atoms with Crippen molar-refractivity contribution in [2.75, 3.05) is 0 Å². The SMILES string of the molecule is FC(F)(F)c1cc(Cl)cc(-c2nc(-c3ccccc3)nc(-c3ccccc3)n2)c1. The molecular formula is C22H13ClF3N3. The second-order valence-electron chi connectivity index (χ2n) is 6.26. The van der Waals surface area contributed by atoms with E-state index in [9.17, 15) is 13.2 Å². The van der Waals surface area contributed by atoms with Crippen LogP contribution in [0.2, 0.25) is 5.02 Å². The zero-order chi connectivity index (χ0) is 20.4. The van der Waals surface area contributed by atoms with Gasteiger partial charge in [0, 0.05) is 21.7 Å². The molecule has 1 heterocycles. The van der Waals surface area contributed by atoms with E-state index in [1.165, 1.54) is 6.07 Å². The second-order valence-corrected chi connectivity index (χ2v) is 6.70. The van der Waals surface area contributed by atoms with Gasteiger partial charge in [-0.05, 0) is 18.2 Å². The van der Waals surface area contributed by atoms with E-state index in [1.54, 1.807) is 0 Å². The van der Waals surface area contributed by atoms with E-state index in [2.05, 4.69) is 15.0 Å². The molecule has 3 aromatic carbocycles. The molecule has 4 aromatic rings. The number of halogens is 4. The third-order valence-corrected chi connectivity index (χ3v) is 4.40. The predicted octanol–water partition coefficient (Wildman–Crippen LogP) is 6.54. The maximum absolute atomic E-state index is 13.2. The fourth-order valence-corrected chi connectivity index (χ4v) is 3.06. The lowest BCUT2D eigenvalue weighted by atomic mass is 10.1. The first-order valence-corrected chi connectivity index (χ1v) is 9.03. The van der Waals surface area contributed by atoms with Crippen molar-refractivity contribution < 1.29 is 13.2 Å². The highest BCUT2D eigenvalue weighted by atomic mass is 35.5. The molecule has 3 nitrogen and oxygen atoms in total. The summed E-state index contributed by atoms with van der Waals surface area (Å²) in [5, 5.41) is -0.0437. The van der Waals surface area contributed by atoms with Gasteiger partial charge in [0.1, 0.15) is 0 Å². The summed E-state index contributed by atoms with van der Waals surface area (Å²) in [4.78, 5) is 13.3. The summed E-state index contributed by atoms with van der Waals surface area (Å²) in [5.41, 5.74) is 0.766. The van der Waals surface area contributed by atoms with E-state index < -0.39 is 11.7 Å². The topological polar surface area (TPSA) is 38.7 Å². The molecule has 1 aromatic heterocycles. The van der Waals surface area contributed by atoms with Crippen LogP contribution in [0.1, 0.15) is 5.56 Å². The van der Waals surface area contributed by atoms with Gasteiger partial charge in [0.25, 0.3) is 0 Å². The number of alkyl halides is 3. The number of nitrogens with zero attached hydrogens (tertiary/aromatic N) is 3. The minimum absolute atomic E-state index is 0.0437. The monoisotopic (exact) mass is 411 g/mol. The van der Waals surface area contributed by atoms with Crippen molar-refractivity contribution >= 4 is 11.6 Å². The van der Waals surface area contributed by atoms with E-state index in [4.69, 9.17) is 11.6 Å². The van der Waals surface area contributed by atoms with Gasteiger partial charge in [-0.3, -0.25) is 0 Å². The highest BCUT2D eigenvalue weighted by Crippen LogP contribution is 2.34. The molecule has 0 unspecified atom stereocenters. The Labute approximate surface area is 169 Å². The maximum atomic E-state index is 13.2. The van der Waals surface area contributed by atoms with Gasteiger partial charge in [-0.1, -0.05) is 72.3 Å². The predicted molar refractivity (Wildman–Crippen MR) is 106 cm³/mol. The molecule has 0 spiro atoms. The molecule has 0 amide bonds. The zero-order valence-corrected chi connectivity index (χ0v) is 15.6. The van der Waals surface area contributed by atoms with Crippen LogP contribution in [0.15, 0.2) is 78.9 Å². The molecule has 4 rings (SSSR count). The molecular weight excluding hydrogens is 399 g/mol. The summed E-state index contributed by atoms with van der Waals surface area (Å²) in [7, 11) is 0. The van der Waals surface area contributed by atoms with E-state index in [0.717, 1.165) is 23.3 Å². The van der Waals surface area contributed by atoms with Crippen LogP contribution in [0.25, 0.3) is 34.2 Å². The normalized spacial score (nSPS) is 11.4. The lowest BCUT2D eigenvalue weighted by molar-refractivity contribution is -0.137. The first kappa shape index (κ1) is 19.1. The highest BCUT2D eigenvalue weighted by molar-refractivity contribution is 6.30. The van der Waals surface area contributed by atoms with E-state index in [1.807, 2.05) is 60.7 Å². The van der Waals surface area contributed by atoms with Crippen molar-refractivity contribution in [3.63, 3.8) is 0 Å². The third kappa shape index (κ3) is 4.27. The van der Waals surface area contributed by atoms with Crippen molar-refractivity contribution in [1.29, 1.82) is 0 Å². The number of aromatic nitrogens is 3. The zero-order valence-electron chi connectivity index (χ0n) is 14.9. The van der Waals surface area contributed by atoms with Crippen LogP contribution >= 0.6 is 11.6 Å². The summed E-state index contributed by atoms with van der Waals surface area (Å²) in [6.45, 7) is 0. The maximum Gasteiger partial charge on any atom is 0.416 e. The van der Waals surface area contributed by atoms with Crippen LogP contribution in [0, 0.1) is 0 Å². The van der Waals surface area contributed by atoms with Crippen molar-refractivity contribution in [2.24, 2.45) is 0 Å². The Morgan fingerprint density at radius 2 is 1.03 bits per heavy atom. The van der Waals surface area contributed by atoms with Crippen LogP contribution in [0.5, 0.6) is 0 Å². The Morgan fingerprint density at radius 3 is 1.48 bits per heavy atom. The molecule has 0 bridgehead atoms. The molecule has 0 radical (unpaired) electrons. The Kier molecular flexibility index (Phi) is 5.03. The van der Waals surface area contributed by atoms with Gasteiger partial charge < -0.3 is 0 Å². The standard InChI is InChI=1S/C22H13ClF3N3/c23-18-12-16(11-17(13-18)22(24,25)26)21-28-19(14-7-3-1-4-8-14)27-20(29-21)15-9-5-2-6-10-15/h1-13H. The van der Waals surface area contributed by atoms with Gasteiger partial charge >= 0.3 is 6.18 Å². The molecule has 0 N–H and O–H groups in total. The molecule has 0 atom stereocenters. The molecule has 0 saturated carbocycles. The molecule has 29 heavy (non-hydrogen) atoms. The van der Waals surface area contributed by atoms with E-state index in [0.29, 0.717) is 11.6 Å². The van der Waals surface area contributed by atoms with Gasteiger partial charge in [0.05, 0.1) is 5.56 Å². The summed E-state index contributed by atoms with van der Waals surface area (Å²) >= 11 is 5.95. The number of hydrogen-bond donors (Lipinski definition) is 0. The molecule has 0 aliphatic heterocycles. The molecule has 0 aliphatic rings. The summed E-state index contributed by atoms with van der Waals surface area (Å²) in [5.74, 6) is 0.844. The molecule has 0 fully saturated rings. The largest absolute Gasteiger partial charge is 0.416 e. The Balaban J connectivity index is 1.93. The lowest BCUT2D eigenvalue weighted by Crippen LogP contribution is -2.06. The first-order chi connectivity index (χ1) is 13.9. The third-order valence-electron chi connectivity index (χ3n) is 4.18. The van der Waals surface area contributed by atoms with Crippen molar-refractivity contribution in [2.45, 2.75) is 6.18 Å². The molecule has 0 aliphatic carbocycles. The van der Waals surface area contributed by atoms with Crippen LogP contribution < -0.4 is 0 Å². The number of hydrogen-bond acceptors (Lipinski definition) is 3. The minimum atomic E-state index is -4.53. The summed E-state index contributed by atoms with van der Waals surface area (Å²) in [6.07, 6.45) is -4.53. The first-order valence-electron chi connectivity index (χ1n) is 8.65. The Hall–Kier alpha value is -3.25. The fraction of sp³-hybridized carbons (Fsp3) is 0.0455. The average Bonchev–Trinajstić information content (AvgIpc) is 2.73. The average molecular weight is 412 g/mol. The minimum Gasteiger partial charge on any atom is -0.208 e. The molecule has 7 heteroatoms. The van der Waals surface area contributed by atoms with Gasteiger partial charge in [0.2, 0.25) is 0 Å². The van der Waals surface area contributed by atoms with Crippen LogP contribution in [-0.2, 0) is 6.18 Å². The molecule has 0 saturated heterocycles. The van der Waals surface area contributed by atoms with Crippen molar-refractivity contribution in [3.05, 3.63) is 89.4 Å². The van der Waals surface area contributed by atoms with Crippen LogP contribution in [0.4, 0.5) is 13.2 Å². The van der Waals surface area contributed by atoms with Gasteiger partial charge in [0.15, 0.2) is 17.5 Å². The van der Waals surface area contributed by atoms with Gasteiger partial charge in [-0.2, -0.15) is 13.2 Å². The van der Waals surface area contributed by atoms with Crippen LogP contribution in [0.3, 0.4) is 0 Å². The highest BCUT2D eigenvalue weighted by Gasteiger charge is 2.31. The lowest BCUT2D eigenvalue weighted by Gasteiger charge is -2.11. The van der Waals surface area contributed by atoms with E-state index in [-0.39, 0.29) is 16.4 Å². The Morgan fingerprint density at radius 1 is 0.586 bits per heavy atom. The summed E-state index contributed by atoms with van der Waals surface area (Å²) < 4.78 is 39.7. The number of benzene rings is 3. The second kappa shape index (κ2) is 7.64. The van der Waals surface area contributed by atoms with E-state index >= 15 is 0 Å².